The maximum Gasteiger partial charge on any atom is 0.0901 e. The molecule has 1 aliphatic carbocycles. The van der Waals surface area contributed by atoms with Crippen molar-refractivity contribution in [2.75, 3.05) is 0 Å². The summed E-state index contributed by atoms with van der Waals surface area (Å²) in [6.07, 6.45) is 5.20. The van der Waals surface area contributed by atoms with Crippen molar-refractivity contribution in [1.29, 1.82) is 0 Å². The van der Waals surface area contributed by atoms with Gasteiger partial charge in [0, 0.05) is 5.92 Å². The van der Waals surface area contributed by atoms with Gasteiger partial charge < -0.3 is 4.74 Å². The van der Waals surface area contributed by atoms with Crippen LogP contribution in [0, 0.1) is 6.92 Å². The van der Waals surface area contributed by atoms with Crippen LogP contribution in [0.25, 0.3) is 0 Å². The van der Waals surface area contributed by atoms with Crippen LogP contribution in [0.2, 0.25) is 0 Å². The van der Waals surface area contributed by atoms with Crippen molar-refractivity contribution < 1.29 is 4.74 Å². The molecule has 1 fully saturated rings. The zero-order valence-electron chi connectivity index (χ0n) is 15.5. The number of benzene rings is 2. The van der Waals surface area contributed by atoms with Gasteiger partial charge in [-0.2, -0.15) is 0 Å². The predicted molar refractivity (Wildman–Crippen MR) is 102 cm³/mol. The topological polar surface area (TPSA) is 9.23 Å². The first-order valence-electron chi connectivity index (χ1n) is 9.50. The van der Waals surface area contributed by atoms with Crippen LogP contribution in [-0.4, -0.2) is 6.10 Å². The van der Waals surface area contributed by atoms with Gasteiger partial charge in [-0.15, -0.1) is 0 Å². The summed E-state index contributed by atoms with van der Waals surface area (Å²) in [6, 6.07) is 15.8. The molecule has 0 radical (unpaired) electrons. The fourth-order valence-electron chi connectivity index (χ4n) is 4.01. The fourth-order valence-corrected chi connectivity index (χ4v) is 4.01. The predicted octanol–water partition coefficient (Wildman–Crippen LogP) is 6.34. The van der Waals surface area contributed by atoms with Gasteiger partial charge in [-0.05, 0) is 48.4 Å². The summed E-state index contributed by atoms with van der Waals surface area (Å²) in [4.78, 5) is 0. The third-order valence-corrected chi connectivity index (χ3v) is 5.12. The van der Waals surface area contributed by atoms with Gasteiger partial charge >= 0.3 is 0 Å². The Morgan fingerprint density at radius 3 is 2.42 bits per heavy atom. The summed E-state index contributed by atoms with van der Waals surface area (Å²) in [7, 11) is 0. The van der Waals surface area contributed by atoms with Gasteiger partial charge in [0.2, 0.25) is 0 Å². The van der Waals surface area contributed by atoms with Crippen LogP contribution >= 0.6 is 0 Å². The van der Waals surface area contributed by atoms with E-state index in [-0.39, 0.29) is 6.10 Å². The van der Waals surface area contributed by atoms with Crippen LogP contribution in [0.3, 0.4) is 0 Å². The molecule has 128 valence electrons. The summed E-state index contributed by atoms with van der Waals surface area (Å²) in [6.45, 7) is 8.67. The molecule has 0 saturated carbocycles. The zero-order valence-corrected chi connectivity index (χ0v) is 15.5. The first-order chi connectivity index (χ1) is 11.7. The Bertz CT molecular complexity index is 688. The normalized spacial score (nSPS) is 24.1. The highest BCUT2D eigenvalue weighted by atomic mass is 16.5. The summed E-state index contributed by atoms with van der Waals surface area (Å²) >= 11 is 0. The third kappa shape index (κ3) is 3.28. The van der Waals surface area contributed by atoms with Gasteiger partial charge in [0.05, 0.1) is 12.2 Å². The molecule has 2 aromatic rings. The standard InChI is InChI=1S/C20H22O.C3H8/c1-3-16-12-19-17-7-5-4-6-14(17)11-15-9-8-13(2)10-18(15)20(19)21-16;1-3-2/h4-10,16,19-20H,3,11-12H2,1-2H3;3H2,1-2H3. The first kappa shape index (κ1) is 17.2. The molecule has 1 nitrogen and oxygen atoms in total. The second-order valence-corrected chi connectivity index (χ2v) is 7.21. The van der Waals surface area contributed by atoms with E-state index >= 15 is 0 Å². The van der Waals surface area contributed by atoms with Crippen molar-refractivity contribution in [2.45, 2.75) is 71.5 Å². The molecular weight excluding hydrogens is 292 g/mol. The lowest BCUT2D eigenvalue weighted by atomic mass is 9.87. The average Bonchev–Trinajstić information content (AvgIpc) is 2.97. The van der Waals surface area contributed by atoms with E-state index in [0.29, 0.717) is 12.0 Å². The van der Waals surface area contributed by atoms with Crippen molar-refractivity contribution >= 4 is 0 Å². The van der Waals surface area contributed by atoms with Gasteiger partial charge in [-0.3, -0.25) is 0 Å². The molecule has 0 aromatic heterocycles. The van der Waals surface area contributed by atoms with Crippen molar-refractivity contribution in [2.24, 2.45) is 0 Å². The van der Waals surface area contributed by atoms with E-state index < -0.39 is 0 Å². The molecule has 3 atom stereocenters. The highest BCUT2D eigenvalue weighted by Crippen LogP contribution is 2.49. The molecule has 0 amide bonds. The summed E-state index contributed by atoms with van der Waals surface area (Å²) < 4.78 is 6.43. The second kappa shape index (κ2) is 7.53. The average molecular weight is 322 g/mol. The van der Waals surface area contributed by atoms with E-state index in [1.807, 2.05) is 0 Å². The highest BCUT2D eigenvalue weighted by molar-refractivity contribution is 5.46. The molecule has 1 heterocycles. The molecule has 1 saturated heterocycles. The number of aryl methyl sites for hydroxylation is 1. The molecule has 24 heavy (non-hydrogen) atoms. The molecule has 4 rings (SSSR count). The van der Waals surface area contributed by atoms with Crippen LogP contribution in [0.4, 0.5) is 0 Å². The Kier molecular flexibility index (Phi) is 5.40. The van der Waals surface area contributed by atoms with Crippen molar-refractivity contribution in [3.8, 4) is 0 Å². The van der Waals surface area contributed by atoms with Gasteiger partial charge in [-0.25, -0.2) is 0 Å². The molecule has 1 aliphatic heterocycles. The largest absolute Gasteiger partial charge is 0.370 e. The third-order valence-electron chi connectivity index (χ3n) is 5.12. The van der Waals surface area contributed by atoms with Crippen molar-refractivity contribution in [3.63, 3.8) is 0 Å². The van der Waals surface area contributed by atoms with Gasteiger partial charge in [0.1, 0.15) is 0 Å². The maximum atomic E-state index is 6.43. The Balaban J connectivity index is 0.000000526. The minimum Gasteiger partial charge on any atom is -0.370 e. The van der Waals surface area contributed by atoms with E-state index in [2.05, 4.69) is 70.2 Å². The maximum absolute atomic E-state index is 6.43. The molecule has 2 aromatic carbocycles. The smallest absolute Gasteiger partial charge is 0.0901 e. The van der Waals surface area contributed by atoms with Crippen LogP contribution in [0.5, 0.6) is 0 Å². The Morgan fingerprint density at radius 2 is 1.67 bits per heavy atom. The van der Waals surface area contributed by atoms with Crippen LogP contribution < -0.4 is 0 Å². The molecule has 1 heteroatoms. The molecule has 2 aliphatic rings. The monoisotopic (exact) mass is 322 g/mol. The molecule has 0 spiro atoms. The quantitative estimate of drug-likeness (QED) is 0.595. The number of rotatable bonds is 1. The summed E-state index contributed by atoms with van der Waals surface area (Å²) in [5.41, 5.74) is 7.19. The molecule has 3 unspecified atom stereocenters. The van der Waals surface area contributed by atoms with E-state index in [4.69, 9.17) is 4.74 Å². The van der Waals surface area contributed by atoms with Crippen LogP contribution in [-0.2, 0) is 11.2 Å². The Morgan fingerprint density at radius 1 is 0.958 bits per heavy atom. The minimum absolute atomic E-state index is 0.244. The SMILES string of the molecule is CCC.CCC1CC2c3ccccc3Cc3ccc(C)cc3C2O1. The van der Waals surface area contributed by atoms with Crippen LogP contribution in [0.15, 0.2) is 42.5 Å². The zero-order chi connectivity index (χ0) is 17.1. The lowest BCUT2D eigenvalue weighted by Gasteiger charge is -2.19. The lowest BCUT2D eigenvalue weighted by molar-refractivity contribution is 0.0388. The van der Waals surface area contributed by atoms with E-state index in [9.17, 15) is 0 Å². The van der Waals surface area contributed by atoms with Gasteiger partial charge in [0.15, 0.2) is 0 Å². The van der Waals surface area contributed by atoms with Gasteiger partial charge in [-0.1, -0.05) is 75.2 Å². The fraction of sp³-hybridized carbons (Fsp3) is 0.478. The highest BCUT2D eigenvalue weighted by Gasteiger charge is 2.39. The second-order valence-electron chi connectivity index (χ2n) is 7.21. The van der Waals surface area contributed by atoms with E-state index in [1.54, 1.807) is 0 Å². The molecule has 0 N–H and O–H groups in total. The number of ether oxygens (including phenoxy) is 1. The van der Waals surface area contributed by atoms with Crippen LogP contribution in [0.1, 0.15) is 79.9 Å². The lowest BCUT2D eigenvalue weighted by Crippen LogP contribution is -2.07. The summed E-state index contributed by atoms with van der Waals surface area (Å²) in [5.74, 6) is 0.522. The minimum atomic E-state index is 0.244. The number of hydrogen-bond acceptors (Lipinski definition) is 1. The number of fused-ring (bicyclic) bond motifs is 5. The Hall–Kier alpha value is -1.60. The first-order valence-corrected chi connectivity index (χ1v) is 9.50. The van der Waals surface area contributed by atoms with Crippen molar-refractivity contribution in [3.05, 3.63) is 70.3 Å². The molecule has 0 bridgehead atoms. The van der Waals surface area contributed by atoms with E-state index in [0.717, 1.165) is 19.3 Å². The van der Waals surface area contributed by atoms with E-state index in [1.165, 1.54) is 34.2 Å². The molecular formula is C23H30O. The Labute approximate surface area is 147 Å². The van der Waals surface area contributed by atoms with Gasteiger partial charge in [0.25, 0.3) is 0 Å². The number of hydrogen-bond donors (Lipinski definition) is 0. The summed E-state index contributed by atoms with van der Waals surface area (Å²) in [5, 5.41) is 0. The van der Waals surface area contributed by atoms with Crippen molar-refractivity contribution in [1.82, 2.24) is 0 Å².